The molecule has 0 radical (unpaired) electrons. The first-order valence-electron chi connectivity index (χ1n) is 9.46. The van der Waals surface area contributed by atoms with Crippen LogP contribution in [0, 0.1) is 5.92 Å². The predicted octanol–water partition coefficient (Wildman–Crippen LogP) is 1.90. The summed E-state index contributed by atoms with van der Waals surface area (Å²) >= 11 is 5.51. The van der Waals surface area contributed by atoms with Crippen LogP contribution in [0.15, 0.2) is 18.2 Å². The molecule has 0 aliphatic carbocycles. The Morgan fingerprint density at radius 1 is 1.14 bits per heavy atom. The van der Waals surface area contributed by atoms with Gasteiger partial charge in [-0.2, -0.15) is 0 Å². The second-order valence-electron chi connectivity index (χ2n) is 7.64. The predicted molar refractivity (Wildman–Crippen MR) is 104 cm³/mol. The van der Waals surface area contributed by atoms with Gasteiger partial charge in [0.15, 0.2) is 0 Å². The number of carbonyl (C=O) groups excluding carboxylic acids is 4. The van der Waals surface area contributed by atoms with Crippen LogP contribution in [0.5, 0.6) is 0 Å². The minimum absolute atomic E-state index is 0.0131. The number of fused-ring (bicyclic) bond motifs is 1. The van der Waals surface area contributed by atoms with Crippen LogP contribution >= 0.6 is 11.6 Å². The monoisotopic (exact) mass is 405 g/mol. The Labute approximate surface area is 169 Å². The average molecular weight is 406 g/mol. The lowest BCUT2D eigenvalue weighted by molar-refractivity contribution is -0.119. The maximum Gasteiger partial charge on any atom is 0.261 e. The van der Waals surface area contributed by atoms with Crippen molar-refractivity contribution in [2.75, 3.05) is 25.5 Å². The molecular weight excluding hydrogens is 382 g/mol. The van der Waals surface area contributed by atoms with E-state index in [4.69, 9.17) is 11.6 Å². The molecule has 8 heteroatoms. The summed E-state index contributed by atoms with van der Waals surface area (Å²) in [7, 11) is 0. The van der Waals surface area contributed by atoms with Crippen LogP contribution in [0.25, 0.3) is 0 Å². The number of piperidine rings is 1. The van der Waals surface area contributed by atoms with Gasteiger partial charge in [0.05, 0.1) is 11.1 Å². The minimum Gasteiger partial charge on any atom is -0.352 e. The van der Waals surface area contributed by atoms with Crippen molar-refractivity contribution in [3.05, 3.63) is 34.9 Å². The number of nitrogens with one attached hydrogen (secondary N) is 1. The Balaban J connectivity index is 1.69. The third kappa shape index (κ3) is 4.04. The Hall–Kier alpha value is -2.41. The van der Waals surface area contributed by atoms with Crippen LogP contribution in [0.3, 0.4) is 0 Å². The van der Waals surface area contributed by atoms with E-state index in [1.54, 1.807) is 17.0 Å². The van der Waals surface area contributed by atoms with E-state index in [0.29, 0.717) is 49.2 Å². The molecule has 1 N–H and O–H groups in total. The van der Waals surface area contributed by atoms with Crippen molar-refractivity contribution in [1.82, 2.24) is 15.1 Å². The number of hydrogen-bond acceptors (Lipinski definition) is 4. The number of amides is 4. The van der Waals surface area contributed by atoms with Crippen molar-refractivity contribution in [2.24, 2.45) is 5.92 Å². The summed E-state index contributed by atoms with van der Waals surface area (Å²) in [5.74, 6) is -0.931. The highest BCUT2D eigenvalue weighted by atomic mass is 35.5. The third-order valence-corrected chi connectivity index (χ3v) is 5.28. The van der Waals surface area contributed by atoms with Gasteiger partial charge in [0.1, 0.15) is 5.88 Å². The number of alkyl halides is 1. The zero-order valence-electron chi connectivity index (χ0n) is 16.0. The molecular formula is C20H24ClN3O4. The van der Waals surface area contributed by atoms with Gasteiger partial charge in [-0.25, -0.2) is 0 Å². The zero-order chi connectivity index (χ0) is 20.4. The minimum atomic E-state index is -0.342. The van der Waals surface area contributed by atoms with Crippen LogP contribution in [0.4, 0.5) is 0 Å². The smallest absolute Gasteiger partial charge is 0.261 e. The van der Waals surface area contributed by atoms with Gasteiger partial charge in [0.25, 0.3) is 17.7 Å². The Morgan fingerprint density at radius 3 is 2.39 bits per heavy atom. The number of imide groups is 1. The maximum atomic E-state index is 12.8. The maximum absolute atomic E-state index is 12.8. The standard InChI is InChI=1S/C20H24ClN3O4/c1-12(2)11-24-19(27)15-4-3-13(9-16(15)20(24)28)18(26)23-7-5-14(6-8-23)22-17(25)10-21/h3-4,9,12,14H,5-8,10-11H2,1-2H3,(H,22,25). The molecule has 2 aliphatic rings. The van der Waals surface area contributed by atoms with Crippen molar-refractivity contribution in [3.8, 4) is 0 Å². The van der Waals surface area contributed by atoms with Crippen molar-refractivity contribution in [3.63, 3.8) is 0 Å². The van der Waals surface area contributed by atoms with Gasteiger partial charge >= 0.3 is 0 Å². The third-order valence-electron chi connectivity index (χ3n) is 5.03. The van der Waals surface area contributed by atoms with Crippen molar-refractivity contribution >= 4 is 35.2 Å². The highest BCUT2D eigenvalue weighted by Gasteiger charge is 2.36. The SMILES string of the molecule is CC(C)CN1C(=O)c2ccc(C(=O)N3CCC(NC(=O)CCl)CC3)cc2C1=O. The van der Waals surface area contributed by atoms with E-state index in [1.807, 2.05) is 13.8 Å². The number of nitrogens with zero attached hydrogens (tertiary/aromatic N) is 2. The van der Waals surface area contributed by atoms with E-state index in [0.717, 1.165) is 0 Å². The molecule has 3 rings (SSSR count). The highest BCUT2D eigenvalue weighted by molar-refractivity contribution is 6.27. The van der Waals surface area contributed by atoms with E-state index in [9.17, 15) is 19.2 Å². The highest BCUT2D eigenvalue weighted by Crippen LogP contribution is 2.26. The van der Waals surface area contributed by atoms with Crippen molar-refractivity contribution < 1.29 is 19.2 Å². The second kappa shape index (κ2) is 8.31. The molecule has 2 heterocycles. The van der Waals surface area contributed by atoms with Crippen LogP contribution in [-0.4, -0.2) is 65.0 Å². The number of likely N-dealkylation sites (tertiary alicyclic amines) is 1. The summed E-state index contributed by atoms with van der Waals surface area (Å²) in [5, 5.41) is 2.84. The molecule has 0 unspecified atom stereocenters. The molecule has 0 aromatic heterocycles. The molecule has 28 heavy (non-hydrogen) atoms. The molecule has 4 amide bonds. The zero-order valence-corrected chi connectivity index (χ0v) is 16.8. The number of carbonyl (C=O) groups is 4. The molecule has 1 saturated heterocycles. The van der Waals surface area contributed by atoms with E-state index < -0.39 is 0 Å². The number of benzene rings is 1. The van der Waals surface area contributed by atoms with E-state index in [2.05, 4.69) is 5.32 Å². The molecule has 2 aliphatic heterocycles. The van der Waals surface area contributed by atoms with Crippen molar-refractivity contribution in [2.45, 2.75) is 32.7 Å². The number of halogens is 1. The molecule has 0 bridgehead atoms. The van der Waals surface area contributed by atoms with E-state index in [1.165, 1.54) is 11.0 Å². The van der Waals surface area contributed by atoms with Gasteiger partial charge in [-0.1, -0.05) is 13.8 Å². The normalized spacial score (nSPS) is 17.3. The summed E-state index contributed by atoms with van der Waals surface area (Å²) < 4.78 is 0. The lowest BCUT2D eigenvalue weighted by Crippen LogP contribution is -2.46. The van der Waals surface area contributed by atoms with Crippen LogP contribution in [0.1, 0.15) is 57.8 Å². The molecule has 1 aromatic carbocycles. The van der Waals surface area contributed by atoms with Crippen molar-refractivity contribution in [1.29, 1.82) is 0 Å². The van der Waals surface area contributed by atoms with Crippen LogP contribution in [0.2, 0.25) is 0 Å². The number of hydrogen-bond donors (Lipinski definition) is 1. The summed E-state index contributed by atoms with van der Waals surface area (Å²) in [6.45, 7) is 5.26. The molecule has 1 fully saturated rings. The summed E-state index contributed by atoms with van der Waals surface area (Å²) in [6, 6.07) is 4.71. The van der Waals surface area contributed by atoms with Gasteiger partial charge < -0.3 is 10.2 Å². The van der Waals surface area contributed by atoms with Gasteiger partial charge in [0.2, 0.25) is 5.91 Å². The Morgan fingerprint density at radius 2 is 1.79 bits per heavy atom. The topological polar surface area (TPSA) is 86.8 Å². The first kappa shape index (κ1) is 20.3. The first-order chi connectivity index (χ1) is 13.3. The van der Waals surface area contributed by atoms with Crippen LogP contribution < -0.4 is 5.32 Å². The van der Waals surface area contributed by atoms with Crippen LogP contribution in [-0.2, 0) is 4.79 Å². The number of rotatable bonds is 5. The molecule has 1 aromatic rings. The van der Waals surface area contributed by atoms with E-state index in [-0.39, 0.29) is 41.5 Å². The first-order valence-corrected chi connectivity index (χ1v) is 10.00. The molecule has 0 atom stereocenters. The quantitative estimate of drug-likeness (QED) is 0.598. The fraction of sp³-hybridized carbons (Fsp3) is 0.500. The summed E-state index contributed by atoms with van der Waals surface area (Å²) in [4.78, 5) is 52.2. The van der Waals surface area contributed by atoms with Gasteiger partial charge in [-0.05, 0) is 37.0 Å². The lowest BCUT2D eigenvalue weighted by Gasteiger charge is -2.32. The fourth-order valence-electron chi connectivity index (χ4n) is 3.63. The fourth-order valence-corrected chi connectivity index (χ4v) is 3.71. The summed E-state index contributed by atoms with van der Waals surface area (Å²) in [5.41, 5.74) is 1.04. The molecule has 7 nitrogen and oxygen atoms in total. The van der Waals surface area contributed by atoms with Gasteiger partial charge in [-0.15, -0.1) is 11.6 Å². The Bertz CT molecular complexity index is 816. The molecule has 0 spiro atoms. The average Bonchev–Trinajstić information content (AvgIpc) is 2.92. The Kier molecular flexibility index (Phi) is 6.03. The largest absolute Gasteiger partial charge is 0.352 e. The second-order valence-corrected chi connectivity index (χ2v) is 7.91. The molecule has 150 valence electrons. The van der Waals surface area contributed by atoms with Gasteiger partial charge in [-0.3, -0.25) is 24.1 Å². The van der Waals surface area contributed by atoms with E-state index >= 15 is 0 Å². The summed E-state index contributed by atoms with van der Waals surface area (Å²) in [6.07, 6.45) is 1.30. The molecule has 0 saturated carbocycles. The van der Waals surface area contributed by atoms with Gasteiger partial charge in [0, 0.05) is 31.2 Å². The lowest BCUT2D eigenvalue weighted by atomic mass is 10.0.